The van der Waals surface area contributed by atoms with Crippen molar-refractivity contribution in [3.8, 4) is 0 Å². The number of nitrogens with one attached hydrogen (secondary N) is 3. The van der Waals surface area contributed by atoms with Gasteiger partial charge in [-0.1, -0.05) is 11.6 Å². The lowest BCUT2D eigenvalue weighted by atomic mass is 10.2. The van der Waals surface area contributed by atoms with E-state index in [0.29, 0.717) is 11.6 Å². The highest BCUT2D eigenvalue weighted by molar-refractivity contribution is 6.31. The second-order valence-corrected chi connectivity index (χ2v) is 5.85. The molecule has 0 bridgehead atoms. The summed E-state index contributed by atoms with van der Waals surface area (Å²) in [5.41, 5.74) is 1.42. The van der Waals surface area contributed by atoms with Crippen LogP contribution in [-0.4, -0.2) is 24.4 Å². The van der Waals surface area contributed by atoms with Crippen molar-refractivity contribution in [3.05, 3.63) is 23.2 Å². The number of anilines is 2. The first kappa shape index (κ1) is 13.8. The molecule has 0 radical (unpaired) electrons. The Labute approximate surface area is 117 Å². The van der Waals surface area contributed by atoms with Crippen LogP contribution < -0.4 is 16.0 Å². The molecule has 0 aliphatic carbocycles. The first-order valence-corrected chi connectivity index (χ1v) is 6.51. The molecule has 1 aromatic carbocycles. The van der Waals surface area contributed by atoms with Gasteiger partial charge in [-0.2, -0.15) is 0 Å². The number of amides is 1. The van der Waals surface area contributed by atoms with E-state index in [0.717, 1.165) is 11.4 Å². The molecule has 2 rings (SSSR count). The lowest BCUT2D eigenvalue weighted by Gasteiger charge is -2.21. The van der Waals surface area contributed by atoms with Crippen molar-refractivity contribution in [3.63, 3.8) is 0 Å². The van der Waals surface area contributed by atoms with Crippen molar-refractivity contribution in [2.75, 3.05) is 17.2 Å². The van der Waals surface area contributed by atoms with E-state index in [2.05, 4.69) is 16.0 Å². The molecule has 1 amide bonds. The maximum Gasteiger partial charge on any atom is 0.407 e. The summed E-state index contributed by atoms with van der Waals surface area (Å²) in [7, 11) is 0. The first-order valence-electron chi connectivity index (χ1n) is 6.13. The van der Waals surface area contributed by atoms with Crippen LogP contribution in [-0.2, 0) is 4.74 Å². The Hall–Kier alpha value is -1.62. The molecule has 1 heterocycles. The van der Waals surface area contributed by atoms with Crippen LogP contribution in [0.25, 0.3) is 0 Å². The largest absolute Gasteiger partial charge is 0.444 e. The van der Waals surface area contributed by atoms with Gasteiger partial charge in [-0.25, -0.2) is 4.79 Å². The summed E-state index contributed by atoms with van der Waals surface area (Å²) in [6.45, 7) is 5.91. The smallest absolute Gasteiger partial charge is 0.407 e. The molecule has 3 N–H and O–H groups in total. The molecule has 1 aromatic rings. The number of carbonyl (C=O) groups is 1. The van der Waals surface area contributed by atoms with Gasteiger partial charge in [0.15, 0.2) is 0 Å². The molecule has 1 aliphatic rings. The summed E-state index contributed by atoms with van der Waals surface area (Å²) in [4.78, 5) is 11.5. The highest BCUT2D eigenvalue weighted by atomic mass is 35.5. The zero-order valence-electron chi connectivity index (χ0n) is 11.2. The number of hydrogen-bond donors (Lipinski definition) is 3. The summed E-state index contributed by atoms with van der Waals surface area (Å²) in [6, 6.07) is 5.56. The van der Waals surface area contributed by atoms with Crippen LogP contribution in [0.5, 0.6) is 0 Å². The molecule has 1 atom stereocenters. The van der Waals surface area contributed by atoms with E-state index in [9.17, 15) is 4.79 Å². The summed E-state index contributed by atoms with van der Waals surface area (Å²) in [6.07, 6.45) is -0.494. The van der Waals surface area contributed by atoms with Crippen molar-refractivity contribution in [1.29, 1.82) is 0 Å². The third-order valence-electron chi connectivity index (χ3n) is 2.49. The minimum absolute atomic E-state index is 0.0685. The standard InChI is InChI=1S/C13H18ClN3O2/c1-13(2,3)19-12(18)15-7-11-16-9-5-4-8(14)6-10(9)17-11/h4-6,11,16-17H,7H2,1-3H3,(H,15,18). The molecule has 6 heteroatoms. The Morgan fingerprint density at radius 2 is 2.05 bits per heavy atom. The predicted octanol–water partition coefficient (Wildman–Crippen LogP) is 3.03. The first-order chi connectivity index (χ1) is 8.83. The van der Waals surface area contributed by atoms with Crippen LogP contribution in [0, 0.1) is 0 Å². The molecule has 104 valence electrons. The number of alkyl carbamates (subject to hydrolysis) is 1. The van der Waals surface area contributed by atoms with Gasteiger partial charge in [0.05, 0.1) is 17.9 Å². The maximum absolute atomic E-state index is 11.5. The Bertz CT molecular complexity index is 485. The third-order valence-corrected chi connectivity index (χ3v) is 2.73. The molecule has 0 fully saturated rings. The SMILES string of the molecule is CC(C)(C)OC(=O)NCC1Nc2ccc(Cl)cc2N1. The van der Waals surface area contributed by atoms with E-state index in [1.54, 1.807) is 0 Å². The van der Waals surface area contributed by atoms with E-state index < -0.39 is 11.7 Å². The van der Waals surface area contributed by atoms with Gasteiger partial charge in [-0.05, 0) is 39.0 Å². The van der Waals surface area contributed by atoms with Crippen molar-refractivity contribution in [2.45, 2.75) is 32.5 Å². The van der Waals surface area contributed by atoms with Crippen molar-refractivity contribution in [1.82, 2.24) is 5.32 Å². The van der Waals surface area contributed by atoms with Crippen LogP contribution in [0.4, 0.5) is 16.2 Å². The second kappa shape index (κ2) is 5.17. The minimum Gasteiger partial charge on any atom is -0.444 e. The van der Waals surface area contributed by atoms with E-state index in [1.165, 1.54) is 0 Å². The third kappa shape index (κ3) is 3.92. The van der Waals surface area contributed by atoms with E-state index in [-0.39, 0.29) is 6.17 Å². The number of carbonyl (C=O) groups excluding carboxylic acids is 1. The van der Waals surface area contributed by atoms with Gasteiger partial charge in [0.25, 0.3) is 0 Å². The Morgan fingerprint density at radius 1 is 1.37 bits per heavy atom. The second-order valence-electron chi connectivity index (χ2n) is 5.41. The van der Waals surface area contributed by atoms with Crippen molar-refractivity contribution in [2.24, 2.45) is 0 Å². The van der Waals surface area contributed by atoms with Gasteiger partial charge in [-0.3, -0.25) is 0 Å². The fourth-order valence-corrected chi connectivity index (χ4v) is 1.95. The fraction of sp³-hybridized carbons (Fsp3) is 0.462. The molecule has 1 unspecified atom stereocenters. The number of fused-ring (bicyclic) bond motifs is 1. The maximum atomic E-state index is 11.5. The minimum atomic E-state index is -0.489. The van der Waals surface area contributed by atoms with Crippen LogP contribution in [0.3, 0.4) is 0 Å². The number of ether oxygens (including phenoxy) is 1. The zero-order chi connectivity index (χ0) is 14.0. The van der Waals surface area contributed by atoms with Gasteiger partial charge >= 0.3 is 6.09 Å². The average molecular weight is 284 g/mol. The molecule has 0 aromatic heterocycles. The summed E-state index contributed by atoms with van der Waals surface area (Å²) in [5, 5.41) is 9.85. The molecular weight excluding hydrogens is 266 g/mol. The highest BCUT2D eigenvalue weighted by Gasteiger charge is 2.21. The van der Waals surface area contributed by atoms with Gasteiger partial charge in [-0.15, -0.1) is 0 Å². The van der Waals surface area contributed by atoms with Crippen molar-refractivity contribution < 1.29 is 9.53 Å². The Kier molecular flexibility index (Phi) is 3.75. The molecule has 0 saturated heterocycles. The average Bonchev–Trinajstić information content (AvgIpc) is 2.66. The quantitative estimate of drug-likeness (QED) is 0.781. The number of rotatable bonds is 2. The topological polar surface area (TPSA) is 62.4 Å². The van der Waals surface area contributed by atoms with Gasteiger partial charge in [0, 0.05) is 5.02 Å². The van der Waals surface area contributed by atoms with Crippen LogP contribution in [0.15, 0.2) is 18.2 Å². The lowest BCUT2D eigenvalue weighted by molar-refractivity contribution is 0.0527. The molecule has 5 nitrogen and oxygen atoms in total. The molecule has 1 aliphatic heterocycles. The number of benzene rings is 1. The molecular formula is C13H18ClN3O2. The number of halogens is 1. The summed E-state index contributed by atoms with van der Waals surface area (Å²) >= 11 is 5.91. The molecule has 0 spiro atoms. The van der Waals surface area contributed by atoms with Crippen LogP contribution >= 0.6 is 11.6 Å². The van der Waals surface area contributed by atoms with E-state index in [4.69, 9.17) is 16.3 Å². The highest BCUT2D eigenvalue weighted by Crippen LogP contribution is 2.31. The van der Waals surface area contributed by atoms with E-state index >= 15 is 0 Å². The van der Waals surface area contributed by atoms with Crippen LogP contribution in [0.2, 0.25) is 5.02 Å². The Balaban J connectivity index is 1.83. The number of hydrogen-bond acceptors (Lipinski definition) is 4. The van der Waals surface area contributed by atoms with Gasteiger partial charge in [0.2, 0.25) is 0 Å². The van der Waals surface area contributed by atoms with Crippen LogP contribution in [0.1, 0.15) is 20.8 Å². The zero-order valence-corrected chi connectivity index (χ0v) is 12.0. The fourth-order valence-electron chi connectivity index (χ4n) is 1.77. The summed E-state index contributed by atoms with van der Waals surface area (Å²) in [5.74, 6) is 0. The predicted molar refractivity (Wildman–Crippen MR) is 76.7 cm³/mol. The monoisotopic (exact) mass is 283 g/mol. The van der Waals surface area contributed by atoms with E-state index in [1.807, 2.05) is 39.0 Å². The Morgan fingerprint density at radius 3 is 2.74 bits per heavy atom. The van der Waals surface area contributed by atoms with Gasteiger partial charge in [0.1, 0.15) is 11.8 Å². The molecule has 0 saturated carbocycles. The van der Waals surface area contributed by atoms with Crippen molar-refractivity contribution >= 4 is 29.1 Å². The normalized spacial score (nSPS) is 17.2. The lowest BCUT2D eigenvalue weighted by Crippen LogP contribution is -2.40. The molecule has 19 heavy (non-hydrogen) atoms. The summed E-state index contributed by atoms with van der Waals surface area (Å²) < 4.78 is 5.17. The van der Waals surface area contributed by atoms with Gasteiger partial charge < -0.3 is 20.7 Å².